The molecule has 8 nitrogen and oxygen atoms in total. The lowest BCUT2D eigenvalue weighted by Crippen LogP contribution is -2.47. The van der Waals surface area contributed by atoms with Gasteiger partial charge in [-0.15, -0.1) is 0 Å². The second kappa shape index (κ2) is 7.97. The van der Waals surface area contributed by atoms with Crippen molar-refractivity contribution in [1.82, 2.24) is 25.1 Å². The summed E-state index contributed by atoms with van der Waals surface area (Å²) in [4.78, 5) is 35.0. The number of likely N-dealkylation sites (N-methyl/N-ethyl adjacent to an activating group) is 1. The van der Waals surface area contributed by atoms with Gasteiger partial charge in [0.25, 0.3) is 11.8 Å². The van der Waals surface area contributed by atoms with E-state index in [9.17, 15) is 18.4 Å². The number of carbonyl (C=O) groups excluding carboxylic acids is 2. The van der Waals surface area contributed by atoms with Gasteiger partial charge in [-0.3, -0.25) is 24.2 Å². The predicted molar refractivity (Wildman–Crippen MR) is 103 cm³/mol. The fourth-order valence-electron chi connectivity index (χ4n) is 3.35. The Morgan fingerprint density at radius 2 is 1.97 bits per heavy atom. The molecule has 4 rings (SSSR count). The van der Waals surface area contributed by atoms with Crippen molar-refractivity contribution in [2.75, 3.05) is 11.9 Å². The summed E-state index contributed by atoms with van der Waals surface area (Å²) >= 11 is 0. The Labute approximate surface area is 170 Å². The number of carbonyl (C=O) groups is 2. The normalized spacial score (nSPS) is 16.2. The van der Waals surface area contributed by atoms with Crippen LogP contribution in [-0.4, -0.2) is 44.7 Å². The summed E-state index contributed by atoms with van der Waals surface area (Å²) in [6.07, 6.45) is 4.76. The topological polar surface area (TPSA) is 93.0 Å². The summed E-state index contributed by atoms with van der Waals surface area (Å²) in [6, 6.07) is 5.16. The first-order chi connectivity index (χ1) is 14.4. The van der Waals surface area contributed by atoms with Gasteiger partial charge in [-0.25, -0.2) is 13.8 Å². The van der Waals surface area contributed by atoms with Gasteiger partial charge in [-0.05, 0) is 18.9 Å². The molecular formula is C20H18F2N6O2. The summed E-state index contributed by atoms with van der Waals surface area (Å²) < 4.78 is 29.3. The van der Waals surface area contributed by atoms with E-state index in [1.54, 1.807) is 25.2 Å². The van der Waals surface area contributed by atoms with Crippen LogP contribution >= 0.6 is 0 Å². The molecule has 154 valence electrons. The minimum atomic E-state index is -0.880. The molecule has 0 bridgehead atoms. The maximum atomic E-state index is 14.3. The molecule has 2 aromatic heterocycles. The van der Waals surface area contributed by atoms with Crippen molar-refractivity contribution < 1.29 is 18.4 Å². The lowest BCUT2D eigenvalue weighted by Gasteiger charge is -2.20. The van der Waals surface area contributed by atoms with E-state index in [-0.39, 0.29) is 18.9 Å². The minimum absolute atomic E-state index is 0.0331. The number of aryl methyl sites for hydroxylation is 1. The second-order valence-electron chi connectivity index (χ2n) is 6.90. The fourth-order valence-corrected chi connectivity index (χ4v) is 3.35. The SMILES string of the molecule is CN1C(=O)[C@@H](NC(=O)c2nn(Cc3ccccc3F)cc2F)CCc2nccnc21. The molecule has 30 heavy (non-hydrogen) atoms. The van der Waals surface area contributed by atoms with Gasteiger partial charge in [0.15, 0.2) is 17.3 Å². The summed E-state index contributed by atoms with van der Waals surface area (Å²) in [5.74, 6) is -2.08. The number of hydrogen-bond acceptors (Lipinski definition) is 5. The van der Waals surface area contributed by atoms with E-state index >= 15 is 0 Å². The van der Waals surface area contributed by atoms with Crippen LogP contribution in [0.3, 0.4) is 0 Å². The van der Waals surface area contributed by atoms with Gasteiger partial charge in [0.2, 0.25) is 0 Å². The molecule has 1 N–H and O–H groups in total. The van der Waals surface area contributed by atoms with E-state index in [4.69, 9.17) is 0 Å². The van der Waals surface area contributed by atoms with Crippen LogP contribution in [0.1, 0.15) is 28.2 Å². The number of nitrogens with one attached hydrogen (secondary N) is 1. The Morgan fingerprint density at radius 3 is 2.77 bits per heavy atom. The second-order valence-corrected chi connectivity index (χ2v) is 6.90. The highest BCUT2D eigenvalue weighted by atomic mass is 19.1. The van der Waals surface area contributed by atoms with Crippen molar-refractivity contribution >= 4 is 17.6 Å². The first-order valence-corrected chi connectivity index (χ1v) is 9.28. The van der Waals surface area contributed by atoms with Gasteiger partial charge >= 0.3 is 0 Å². The van der Waals surface area contributed by atoms with Crippen molar-refractivity contribution in [3.8, 4) is 0 Å². The van der Waals surface area contributed by atoms with Crippen LogP contribution in [0, 0.1) is 11.6 Å². The van der Waals surface area contributed by atoms with Crippen molar-refractivity contribution in [3.63, 3.8) is 0 Å². The van der Waals surface area contributed by atoms with E-state index in [1.165, 1.54) is 23.4 Å². The van der Waals surface area contributed by atoms with Gasteiger partial charge in [-0.1, -0.05) is 18.2 Å². The number of rotatable bonds is 4. The first kappa shape index (κ1) is 19.6. The third-order valence-electron chi connectivity index (χ3n) is 4.90. The Hall–Kier alpha value is -3.69. The summed E-state index contributed by atoms with van der Waals surface area (Å²) in [5, 5.41) is 6.48. The van der Waals surface area contributed by atoms with E-state index < -0.39 is 29.3 Å². The summed E-state index contributed by atoms with van der Waals surface area (Å²) in [7, 11) is 1.55. The Morgan fingerprint density at radius 1 is 1.20 bits per heavy atom. The zero-order valence-electron chi connectivity index (χ0n) is 16.0. The lowest BCUT2D eigenvalue weighted by atomic mass is 10.1. The van der Waals surface area contributed by atoms with Crippen molar-refractivity contribution in [3.05, 3.63) is 71.4 Å². The van der Waals surface area contributed by atoms with Crippen LogP contribution in [0.5, 0.6) is 0 Å². The maximum Gasteiger partial charge on any atom is 0.275 e. The average molecular weight is 412 g/mol. The number of aromatic nitrogens is 4. The first-order valence-electron chi connectivity index (χ1n) is 9.28. The maximum absolute atomic E-state index is 14.3. The van der Waals surface area contributed by atoms with Crippen molar-refractivity contribution in [2.24, 2.45) is 0 Å². The molecule has 0 unspecified atom stereocenters. The molecule has 10 heteroatoms. The number of hydrogen-bond donors (Lipinski definition) is 1. The molecule has 3 heterocycles. The zero-order chi connectivity index (χ0) is 21.3. The highest BCUT2D eigenvalue weighted by Gasteiger charge is 2.32. The van der Waals surface area contributed by atoms with Crippen LogP contribution in [0.2, 0.25) is 0 Å². The number of benzene rings is 1. The minimum Gasteiger partial charge on any atom is -0.339 e. The zero-order valence-corrected chi connectivity index (χ0v) is 16.0. The van der Waals surface area contributed by atoms with Gasteiger partial charge in [-0.2, -0.15) is 5.10 Å². The van der Waals surface area contributed by atoms with Gasteiger partial charge in [0.05, 0.1) is 18.4 Å². The third-order valence-corrected chi connectivity index (χ3v) is 4.90. The average Bonchev–Trinajstić information content (AvgIpc) is 3.06. The van der Waals surface area contributed by atoms with Crippen LogP contribution in [0.4, 0.5) is 14.6 Å². The number of nitrogens with zero attached hydrogens (tertiary/aromatic N) is 5. The molecule has 0 saturated heterocycles. The molecule has 1 atom stereocenters. The molecule has 1 aromatic carbocycles. The smallest absolute Gasteiger partial charge is 0.275 e. The fraction of sp³-hybridized carbons (Fsp3) is 0.250. The monoisotopic (exact) mass is 412 g/mol. The number of amides is 2. The molecule has 0 aliphatic carbocycles. The van der Waals surface area contributed by atoms with Gasteiger partial charge in [0.1, 0.15) is 11.9 Å². The molecule has 0 spiro atoms. The quantitative estimate of drug-likeness (QED) is 0.704. The lowest BCUT2D eigenvalue weighted by molar-refractivity contribution is -0.120. The van der Waals surface area contributed by atoms with E-state index in [0.717, 1.165) is 10.9 Å². The molecule has 1 aliphatic heterocycles. The van der Waals surface area contributed by atoms with Crippen molar-refractivity contribution in [2.45, 2.75) is 25.4 Å². The molecular weight excluding hydrogens is 394 g/mol. The summed E-state index contributed by atoms with van der Waals surface area (Å²) in [6.45, 7) is -0.0331. The molecule has 0 fully saturated rings. The molecule has 0 saturated carbocycles. The Kier molecular flexibility index (Phi) is 5.21. The van der Waals surface area contributed by atoms with E-state index in [1.807, 2.05) is 0 Å². The number of halogens is 2. The Bertz CT molecular complexity index is 1120. The highest BCUT2D eigenvalue weighted by Crippen LogP contribution is 2.21. The Balaban J connectivity index is 1.50. The van der Waals surface area contributed by atoms with Crippen LogP contribution < -0.4 is 10.2 Å². The molecule has 0 radical (unpaired) electrons. The molecule has 1 aliphatic rings. The summed E-state index contributed by atoms with van der Waals surface area (Å²) in [5.41, 5.74) is 0.496. The van der Waals surface area contributed by atoms with Gasteiger partial charge < -0.3 is 5.32 Å². The standard InChI is InChI=1S/C20H18F2N6O2/c1-27-18-15(23-8-9-24-18)6-7-16(20(27)30)25-19(29)17-14(22)11-28(26-17)10-12-4-2-3-5-13(12)21/h2-5,8-9,11,16H,6-7,10H2,1H3,(H,25,29)/t16-/m0/s1. The van der Waals surface area contributed by atoms with E-state index in [2.05, 4.69) is 20.4 Å². The highest BCUT2D eigenvalue weighted by molar-refractivity contribution is 6.01. The molecule has 2 amide bonds. The number of fused-ring (bicyclic) bond motifs is 1. The van der Waals surface area contributed by atoms with Crippen LogP contribution in [-0.2, 0) is 17.8 Å². The van der Waals surface area contributed by atoms with E-state index in [0.29, 0.717) is 23.5 Å². The largest absolute Gasteiger partial charge is 0.339 e. The van der Waals surface area contributed by atoms with Crippen LogP contribution in [0.15, 0.2) is 42.9 Å². The number of anilines is 1. The molecule has 3 aromatic rings. The van der Waals surface area contributed by atoms with Gasteiger partial charge in [0, 0.05) is 25.0 Å². The predicted octanol–water partition coefficient (Wildman–Crippen LogP) is 1.71. The van der Waals surface area contributed by atoms with Crippen molar-refractivity contribution in [1.29, 1.82) is 0 Å². The van der Waals surface area contributed by atoms with Crippen LogP contribution in [0.25, 0.3) is 0 Å². The third kappa shape index (κ3) is 3.76.